The number of nitrogens with one attached hydrogen (secondary N) is 1. The van der Waals surface area contributed by atoms with Crippen molar-refractivity contribution in [2.45, 2.75) is 71.6 Å². The number of ether oxygens (including phenoxy) is 2. The van der Waals surface area contributed by atoms with Gasteiger partial charge in [-0.3, -0.25) is 0 Å². The van der Waals surface area contributed by atoms with Gasteiger partial charge in [-0.25, -0.2) is 20.0 Å². The molecule has 136 valence electrons. The molecule has 0 saturated carbocycles. The molecule has 1 rings (SSSR count). The maximum Gasteiger partial charge on any atom is 0.429 e. The summed E-state index contributed by atoms with van der Waals surface area (Å²) in [6, 6.07) is -0.231. The Kier molecular flexibility index (Phi) is 6.46. The van der Waals surface area contributed by atoms with Crippen LogP contribution in [0.4, 0.5) is 9.59 Å². The molecule has 2 atom stereocenters. The van der Waals surface area contributed by atoms with Crippen LogP contribution >= 0.6 is 0 Å². The smallest absolute Gasteiger partial charge is 0.429 e. The van der Waals surface area contributed by atoms with Gasteiger partial charge in [0.15, 0.2) is 0 Å². The molecule has 0 bridgehead atoms. The molecule has 1 aliphatic rings. The molecule has 1 aliphatic carbocycles. The first-order chi connectivity index (χ1) is 10.9. The SMILES string of the molecule is C=CC[C@H]1C=CC[C@@H]1N(NC(=O)OC(C)(C)C)C(=O)OC(C)(C)C. The Morgan fingerprint density at radius 2 is 1.79 bits per heavy atom. The largest absolute Gasteiger partial charge is 0.443 e. The second-order valence-electron chi connectivity index (χ2n) is 7.88. The fourth-order valence-corrected chi connectivity index (χ4v) is 2.40. The summed E-state index contributed by atoms with van der Waals surface area (Å²) in [5, 5.41) is 1.24. The zero-order valence-electron chi connectivity index (χ0n) is 15.6. The topological polar surface area (TPSA) is 67.9 Å². The highest BCUT2D eigenvalue weighted by Gasteiger charge is 2.36. The van der Waals surface area contributed by atoms with E-state index in [9.17, 15) is 9.59 Å². The number of rotatable bonds is 3. The molecule has 0 saturated heterocycles. The van der Waals surface area contributed by atoms with Gasteiger partial charge in [-0.05, 0) is 54.4 Å². The first kappa shape index (κ1) is 20.1. The van der Waals surface area contributed by atoms with E-state index < -0.39 is 23.4 Å². The molecule has 0 spiro atoms. The van der Waals surface area contributed by atoms with E-state index >= 15 is 0 Å². The van der Waals surface area contributed by atoms with Crippen molar-refractivity contribution in [3.05, 3.63) is 24.8 Å². The Labute approximate surface area is 144 Å². The number of hydrogen-bond acceptors (Lipinski definition) is 4. The van der Waals surface area contributed by atoms with E-state index in [1.165, 1.54) is 5.01 Å². The molecule has 0 heterocycles. The summed E-state index contributed by atoms with van der Waals surface area (Å²) >= 11 is 0. The number of hydrazine groups is 1. The summed E-state index contributed by atoms with van der Waals surface area (Å²) in [7, 11) is 0. The van der Waals surface area contributed by atoms with Crippen LogP contribution in [0.2, 0.25) is 0 Å². The van der Waals surface area contributed by atoms with Crippen molar-refractivity contribution in [3.8, 4) is 0 Å². The van der Waals surface area contributed by atoms with E-state index in [1.54, 1.807) is 47.6 Å². The zero-order valence-corrected chi connectivity index (χ0v) is 15.6. The third kappa shape index (κ3) is 6.64. The maximum absolute atomic E-state index is 12.6. The molecular formula is C18H30N2O4. The molecule has 24 heavy (non-hydrogen) atoms. The summed E-state index contributed by atoms with van der Waals surface area (Å²) in [5.74, 6) is 0.0740. The van der Waals surface area contributed by atoms with Gasteiger partial charge >= 0.3 is 12.2 Å². The molecule has 0 aromatic rings. The van der Waals surface area contributed by atoms with Gasteiger partial charge in [-0.2, -0.15) is 0 Å². The molecule has 6 nitrogen and oxygen atoms in total. The highest BCUT2D eigenvalue weighted by Crippen LogP contribution is 2.27. The standard InChI is InChI=1S/C18H30N2O4/c1-8-10-13-11-9-12-14(13)20(16(22)24-18(5,6)7)19-15(21)23-17(2,3)4/h8-9,11,13-14H,1,10,12H2,2-7H3,(H,19,21)/t13-,14-/m0/s1. The third-order valence-electron chi connectivity index (χ3n) is 3.23. The van der Waals surface area contributed by atoms with Crippen molar-refractivity contribution in [2.24, 2.45) is 5.92 Å². The second kappa shape index (κ2) is 7.73. The van der Waals surface area contributed by atoms with Gasteiger partial charge in [0.2, 0.25) is 0 Å². The summed E-state index contributed by atoms with van der Waals surface area (Å²) in [6.07, 6.45) is 5.87. The van der Waals surface area contributed by atoms with Crippen LogP contribution < -0.4 is 5.43 Å². The number of carbonyl (C=O) groups is 2. The molecule has 0 fully saturated rings. The average molecular weight is 338 g/mol. The lowest BCUT2D eigenvalue weighted by Crippen LogP contribution is -2.55. The Hall–Kier alpha value is -1.98. The highest BCUT2D eigenvalue weighted by atomic mass is 16.6. The van der Waals surface area contributed by atoms with Crippen LogP contribution in [0.5, 0.6) is 0 Å². The Balaban J connectivity index is 2.93. The first-order valence-electron chi connectivity index (χ1n) is 8.22. The maximum atomic E-state index is 12.6. The average Bonchev–Trinajstić information content (AvgIpc) is 2.80. The zero-order chi connectivity index (χ0) is 18.5. The molecule has 6 heteroatoms. The number of allylic oxidation sites excluding steroid dienone is 1. The number of hydrogen-bond donors (Lipinski definition) is 1. The van der Waals surface area contributed by atoms with E-state index in [1.807, 2.05) is 12.2 Å². The fourth-order valence-electron chi connectivity index (χ4n) is 2.40. The van der Waals surface area contributed by atoms with Crippen molar-refractivity contribution in [3.63, 3.8) is 0 Å². The normalized spacial score (nSPS) is 20.4. The highest BCUT2D eigenvalue weighted by molar-refractivity contribution is 5.75. The first-order valence-corrected chi connectivity index (χ1v) is 8.22. The van der Waals surface area contributed by atoms with Gasteiger partial charge in [0.1, 0.15) is 11.2 Å². The minimum atomic E-state index is -0.683. The number of nitrogens with zero attached hydrogens (tertiary/aromatic N) is 1. The van der Waals surface area contributed by atoms with Gasteiger partial charge in [0, 0.05) is 5.92 Å². The van der Waals surface area contributed by atoms with E-state index in [2.05, 4.69) is 12.0 Å². The summed E-state index contributed by atoms with van der Waals surface area (Å²) in [6.45, 7) is 14.4. The number of carbonyl (C=O) groups excluding carboxylic acids is 2. The quantitative estimate of drug-likeness (QED) is 0.619. The molecule has 0 aliphatic heterocycles. The summed E-state index contributed by atoms with van der Waals surface area (Å²) in [4.78, 5) is 24.7. The summed E-state index contributed by atoms with van der Waals surface area (Å²) < 4.78 is 10.7. The molecule has 2 amide bonds. The van der Waals surface area contributed by atoms with Gasteiger partial charge in [0.25, 0.3) is 0 Å². The predicted molar refractivity (Wildman–Crippen MR) is 93.3 cm³/mol. The van der Waals surface area contributed by atoms with E-state index in [4.69, 9.17) is 9.47 Å². The molecule has 0 aromatic heterocycles. The van der Waals surface area contributed by atoms with Gasteiger partial charge < -0.3 is 9.47 Å². The van der Waals surface area contributed by atoms with Gasteiger partial charge in [0.05, 0.1) is 6.04 Å². The monoisotopic (exact) mass is 338 g/mol. The van der Waals surface area contributed by atoms with Gasteiger partial charge in [-0.1, -0.05) is 18.2 Å². The van der Waals surface area contributed by atoms with Crippen LogP contribution in [0.25, 0.3) is 0 Å². The van der Waals surface area contributed by atoms with Crippen LogP contribution in [0.3, 0.4) is 0 Å². The van der Waals surface area contributed by atoms with Crippen LogP contribution in [-0.4, -0.2) is 34.4 Å². The Morgan fingerprint density at radius 1 is 1.21 bits per heavy atom. The lowest BCUT2D eigenvalue weighted by Gasteiger charge is -2.34. The van der Waals surface area contributed by atoms with E-state index in [0.717, 1.165) is 0 Å². The predicted octanol–water partition coefficient (Wildman–Crippen LogP) is 4.18. The lowest BCUT2D eigenvalue weighted by molar-refractivity contribution is -0.0128. The van der Waals surface area contributed by atoms with E-state index in [0.29, 0.717) is 12.8 Å². The van der Waals surface area contributed by atoms with Crippen LogP contribution in [0.15, 0.2) is 24.8 Å². The molecule has 0 unspecified atom stereocenters. The van der Waals surface area contributed by atoms with Crippen molar-refractivity contribution in [1.29, 1.82) is 0 Å². The Bertz CT molecular complexity index is 500. The van der Waals surface area contributed by atoms with Crippen LogP contribution in [0.1, 0.15) is 54.4 Å². The van der Waals surface area contributed by atoms with Crippen molar-refractivity contribution in [1.82, 2.24) is 10.4 Å². The van der Waals surface area contributed by atoms with Crippen LogP contribution in [0, 0.1) is 5.92 Å². The summed E-state index contributed by atoms with van der Waals surface area (Å²) in [5.41, 5.74) is 1.23. The Morgan fingerprint density at radius 3 is 2.29 bits per heavy atom. The third-order valence-corrected chi connectivity index (χ3v) is 3.23. The fraction of sp³-hybridized carbons (Fsp3) is 0.667. The van der Waals surface area contributed by atoms with Gasteiger partial charge in [-0.15, -0.1) is 6.58 Å². The van der Waals surface area contributed by atoms with Crippen molar-refractivity contribution in [2.75, 3.05) is 0 Å². The van der Waals surface area contributed by atoms with Crippen molar-refractivity contribution >= 4 is 12.2 Å². The number of amides is 2. The van der Waals surface area contributed by atoms with Crippen molar-refractivity contribution < 1.29 is 19.1 Å². The molecule has 1 N–H and O–H groups in total. The molecule has 0 aromatic carbocycles. The minimum Gasteiger partial charge on any atom is -0.443 e. The molecular weight excluding hydrogens is 308 g/mol. The second-order valence-corrected chi connectivity index (χ2v) is 7.88. The minimum absolute atomic E-state index is 0.0740. The van der Waals surface area contributed by atoms with Crippen LogP contribution in [-0.2, 0) is 9.47 Å². The molecule has 0 radical (unpaired) electrons. The lowest BCUT2D eigenvalue weighted by atomic mass is 9.99. The van der Waals surface area contributed by atoms with E-state index in [-0.39, 0.29) is 12.0 Å².